The Kier molecular flexibility index (Phi) is 3.06. The molecule has 1 aliphatic heterocycles. The van der Waals surface area contributed by atoms with Crippen LogP contribution < -0.4 is 4.90 Å². The molecule has 0 aliphatic carbocycles. The van der Waals surface area contributed by atoms with Gasteiger partial charge in [-0.2, -0.15) is 5.21 Å². The van der Waals surface area contributed by atoms with Gasteiger partial charge in [0.2, 0.25) is 5.95 Å². The molecule has 0 radical (unpaired) electrons. The van der Waals surface area contributed by atoms with E-state index in [0.717, 1.165) is 31.8 Å². The van der Waals surface area contributed by atoms with Gasteiger partial charge in [-0.1, -0.05) is 16.8 Å². The van der Waals surface area contributed by atoms with E-state index in [1.165, 1.54) is 0 Å². The third kappa shape index (κ3) is 2.26. The number of tetrazole rings is 1. The van der Waals surface area contributed by atoms with Crippen LogP contribution in [0.5, 0.6) is 0 Å². The minimum absolute atomic E-state index is 0.275. The van der Waals surface area contributed by atoms with E-state index in [1.54, 1.807) is 12.4 Å². The van der Waals surface area contributed by atoms with Crippen molar-refractivity contribution in [3.63, 3.8) is 0 Å². The predicted octanol–water partition coefficient (Wildman–Crippen LogP) is 1.03. The maximum absolute atomic E-state index is 5.78. The number of nitrogens with one attached hydrogen (secondary N) is 1. The van der Waals surface area contributed by atoms with Crippen LogP contribution >= 0.6 is 11.6 Å². The summed E-state index contributed by atoms with van der Waals surface area (Å²) < 4.78 is 0. The van der Waals surface area contributed by atoms with Gasteiger partial charge in [0.25, 0.3) is 0 Å². The van der Waals surface area contributed by atoms with E-state index >= 15 is 0 Å². The second-order valence-electron chi connectivity index (χ2n) is 4.26. The molecular formula is C10H12ClN7. The fourth-order valence-electron chi connectivity index (χ4n) is 2.18. The molecule has 0 aromatic carbocycles. The van der Waals surface area contributed by atoms with Crippen molar-refractivity contribution < 1.29 is 0 Å². The molecule has 3 heterocycles. The van der Waals surface area contributed by atoms with Crippen LogP contribution in [0.25, 0.3) is 0 Å². The molecule has 0 amide bonds. The molecule has 0 bridgehead atoms. The molecule has 1 aliphatic rings. The number of anilines is 1. The van der Waals surface area contributed by atoms with Crippen LogP contribution in [-0.2, 0) is 0 Å². The van der Waals surface area contributed by atoms with Gasteiger partial charge in [0.05, 0.1) is 17.4 Å². The summed E-state index contributed by atoms with van der Waals surface area (Å²) in [5.41, 5.74) is 0. The Labute approximate surface area is 109 Å². The van der Waals surface area contributed by atoms with E-state index in [0.29, 0.717) is 11.0 Å². The van der Waals surface area contributed by atoms with Crippen molar-refractivity contribution in [3.8, 4) is 0 Å². The highest BCUT2D eigenvalue weighted by atomic mass is 35.5. The fourth-order valence-corrected chi connectivity index (χ4v) is 2.28. The number of hydrogen-bond acceptors (Lipinski definition) is 6. The highest BCUT2D eigenvalue weighted by molar-refractivity contribution is 6.30. The summed E-state index contributed by atoms with van der Waals surface area (Å²) in [7, 11) is 0. The van der Waals surface area contributed by atoms with Crippen LogP contribution in [0.3, 0.4) is 0 Å². The number of hydrogen-bond donors (Lipinski definition) is 1. The van der Waals surface area contributed by atoms with Crippen LogP contribution in [0.4, 0.5) is 5.95 Å². The van der Waals surface area contributed by atoms with E-state index in [-0.39, 0.29) is 5.92 Å². The number of H-pyrrole nitrogens is 1. The first kappa shape index (κ1) is 11.3. The molecule has 0 spiro atoms. The second kappa shape index (κ2) is 4.85. The third-order valence-corrected chi connectivity index (χ3v) is 3.23. The van der Waals surface area contributed by atoms with Crippen molar-refractivity contribution >= 4 is 17.5 Å². The molecule has 94 valence electrons. The van der Waals surface area contributed by atoms with Crippen LogP contribution in [0, 0.1) is 0 Å². The van der Waals surface area contributed by atoms with E-state index in [2.05, 4.69) is 35.5 Å². The highest BCUT2D eigenvalue weighted by Crippen LogP contribution is 2.25. The number of aromatic amines is 1. The monoisotopic (exact) mass is 265 g/mol. The Hall–Kier alpha value is -1.76. The Balaban J connectivity index is 1.76. The van der Waals surface area contributed by atoms with Crippen LogP contribution in [0.2, 0.25) is 5.02 Å². The zero-order chi connectivity index (χ0) is 12.4. The molecule has 7 nitrogen and oxygen atoms in total. The molecule has 1 unspecified atom stereocenters. The average Bonchev–Trinajstić information content (AvgIpc) is 2.94. The SMILES string of the molecule is Clc1cnc(N2CCCC(c3nn[nH]n3)C2)nc1. The molecular weight excluding hydrogens is 254 g/mol. The zero-order valence-corrected chi connectivity index (χ0v) is 10.4. The Morgan fingerprint density at radius 3 is 2.89 bits per heavy atom. The van der Waals surface area contributed by atoms with E-state index in [9.17, 15) is 0 Å². The van der Waals surface area contributed by atoms with Crippen LogP contribution in [0.15, 0.2) is 12.4 Å². The van der Waals surface area contributed by atoms with Gasteiger partial charge in [-0.15, -0.1) is 10.2 Å². The zero-order valence-electron chi connectivity index (χ0n) is 9.62. The normalized spacial score (nSPS) is 20.1. The van der Waals surface area contributed by atoms with E-state index in [4.69, 9.17) is 11.6 Å². The van der Waals surface area contributed by atoms with E-state index in [1.807, 2.05) is 0 Å². The topological polar surface area (TPSA) is 83.5 Å². The Morgan fingerprint density at radius 1 is 1.33 bits per heavy atom. The quantitative estimate of drug-likeness (QED) is 0.873. The summed E-state index contributed by atoms with van der Waals surface area (Å²) in [5.74, 6) is 1.73. The molecule has 18 heavy (non-hydrogen) atoms. The van der Waals surface area contributed by atoms with Gasteiger partial charge in [-0.25, -0.2) is 9.97 Å². The summed E-state index contributed by atoms with van der Waals surface area (Å²) in [6, 6.07) is 0. The standard InChI is InChI=1S/C10H12ClN7/c11-8-4-12-10(13-5-8)18-3-1-2-7(6-18)9-14-16-17-15-9/h4-5,7H,1-3,6H2,(H,14,15,16,17). The first-order valence-electron chi connectivity index (χ1n) is 5.79. The Bertz CT molecular complexity index is 497. The van der Waals surface area contributed by atoms with Crippen molar-refractivity contribution in [2.45, 2.75) is 18.8 Å². The largest absolute Gasteiger partial charge is 0.340 e. The molecule has 8 heteroatoms. The fraction of sp³-hybridized carbons (Fsp3) is 0.500. The molecule has 3 rings (SSSR count). The highest BCUT2D eigenvalue weighted by Gasteiger charge is 2.25. The van der Waals surface area contributed by atoms with Gasteiger partial charge in [0.1, 0.15) is 0 Å². The lowest BCUT2D eigenvalue weighted by Crippen LogP contribution is -2.35. The maximum Gasteiger partial charge on any atom is 0.225 e. The Morgan fingerprint density at radius 2 is 2.17 bits per heavy atom. The molecule has 2 aromatic rings. The average molecular weight is 266 g/mol. The van der Waals surface area contributed by atoms with Crippen molar-refractivity contribution in [2.75, 3.05) is 18.0 Å². The number of piperidine rings is 1. The van der Waals surface area contributed by atoms with Gasteiger partial charge in [-0.05, 0) is 12.8 Å². The summed E-state index contributed by atoms with van der Waals surface area (Å²) in [4.78, 5) is 10.6. The van der Waals surface area contributed by atoms with Crippen LogP contribution in [-0.4, -0.2) is 43.7 Å². The molecule has 1 N–H and O–H groups in total. The lowest BCUT2D eigenvalue weighted by molar-refractivity contribution is 0.486. The van der Waals surface area contributed by atoms with Gasteiger partial charge < -0.3 is 4.90 Å². The molecule has 2 aromatic heterocycles. The molecule has 1 atom stereocenters. The summed E-state index contributed by atoms with van der Waals surface area (Å²) in [6.45, 7) is 1.75. The molecule has 1 saturated heterocycles. The first-order valence-corrected chi connectivity index (χ1v) is 6.16. The van der Waals surface area contributed by atoms with Gasteiger partial charge >= 0.3 is 0 Å². The number of nitrogens with zero attached hydrogens (tertiary/aromatic N) is 6. The minimum atomic E-state index is 0.275. The van der Waals surface area contributed by atoms with Gasteiger partial charge in [0.15, 0.2) is 5.82 Å². The lowest BCUT2D eigenvalue weighted by atomic mass is 9.98. The maximum atomic E-state index is 5.78. The first-order chi connectivity index (χ1) is 8.83. The van der Waals surface area contributed by atoms with Gasteiger partial charge in [-0.3, -0.25) is 0 Å². The second-order valence-corrected chi connectivity index (χ2v) is 4.69. The number of aromatic nitrogens is 6. The number of rotatable bonds is 2. The summed E-state index contributed by atoms with van der Waals surface area (Å²) in [5, 5.41) is 14.7. The molecule has 0 saturated carbocycles. The molecule has 1 fully saturated rings. The summed E-state index contributed by atoms with van der Waals surface area (Å²) >= 11 is 5.78. The van der Waals surface area contributed by atoms with Crippen molar-refractivity contribution in [1.82, 2.24) is 30.6 Å². The van der Waals surface area contributed by atoms with Crippen molar-refractivity contribution in [1.29, 1.82) is 0 Å². The predicted molar refractivity (Wildman–Crippen MR) is 65.4 cm³/mol. The van der Waals surface area contributed by atoms with Crippen molar-refractivity contribution in [2.24, 2.45) is 0 Å². The van der Waals surface area contributed by atoms with Crippen LogP contribution in [0.1, 0.15) is 24.6 Å². The smallest absolute Gasteiger partial charge is 0.225 e. The summed E-state index contributed by atoms with van der Waals surface area (Å²) in [6.07, 6.45) is 5.35. The lowest BCUT2D eigenvalue weighted by Gasteiger charge is -2.31. The minimum Gasteiger partial charge on any atom is -0.340 e. The number of halogens is 1. The van der Waals surface area contributed by atoms with E-state index < -0.39 is 0 Å². The van der Waals surface area contributed by atoms with Gasteiger partial charge in [0, 0.05) is 19.0 Å². The third-order valence-electron chi connectivity index (χ3n) is 3.04. The van der Waals surface area contributed by atoms with Crippen molar-refractivity contribution in [3.05, 3.63) is 23.2 Å².